The number of hydrogen-bond donors (Lipinski definition) is 1. The van der Waals surface area contributed by atoms with Crippen LogP contribution in [0.15, 0.2) is 24.3 Å². The van der Waals surface area contributed by atoms with Gasteiger partial charge >= 0.3 is 7.48 Å². The molecule has 17 heavy (non-hydrogen) atoms. The highest BCUT2D eigenvalue weighted by Crippen LogP contribution is 2.12. The Morgan fingerprint density at radius 2 is 2.06 bits per heavy atom. The molecule has 1 rings (SSSR count). The van der Waals surface area contributed by atoms with E-state index in [2.05, 4.69) is 48.4 Å². The van der Waals surface area contributed by atoms with Crippen molar-refractivity contribution in [1.82, 2.24) is 5.48 Å². The molecule has 0 radical (unpaired) electrons. The Morgan fingerprint density at radius 3 is 2.76 bits per heavy atom. The maximum absolute atomic E-state index is 4.94. The topological polar surface area (TPSA) is 21.3 Å². The monoisotopic (exact) mass is 229 g/mol. The molecule has 0 bridgehead atoms. The molecule has 0 atom stereocenters. The van der Waals surface area contributed by atoms with Gasteiger partial charge in [0.05, 0.1) is 0 Å². The van der Waals surface area contributed by atoms with E-state index in [1.807, 2.05) is 0 Å². The number of benzene rings is 1. The summed E-state index contributed by atoms with van der Waals surface area (Å²) in [5, 5.41) is 0. The Bertz CT molecular complexity index is 381. The molecule has 1 aromatic rings. The van der Waals surface area contributed by atoms with Crippen molar-refractivity contribution in [3.63, 3.8) is 0 Å². The van der Waals surface area contributed by atoms with Crippen molar-refractivity contribution in [2.24, 2.45) is 0 Å². The van der Waals surface area contributed by atoms with Crippen LogP contribution < -0.4 is 5.48 Å². The first-order valence-electron chi connectivity index (χ1n) is 6.19. The molecule has 2 nitrogen and oxygen atoms in total. The van der Waals surface area contributed by atoms with Crippen LogP contribution in [-0.2, 0) is 17.6 Å². The number of unbranched alkanes of at least 4 members (excludes halogenated alkanes) is 1. The summed E-state index contributed by atoms with van der Waals surface area (Å²) in [6, 6.07) is 8.55. The Kier molecular flexibility index (Phi) is 7.21. The molecule has 1 aromatic carbocycles. The van der Waals surface area contributed by atoms with E-state index in [1.54, 1.807) is 7.05 Å². The molecule has 0 saturated heterocycles. The largest absolute Gasteiger partial charge is 0.385 e. The van der Waals surface area contributed by atoms with Gasteiger partial charge in [0.15, 0.2) is 0 Å². The number of hydroxylamine groups is 1. The Hall–Kier alpha value is -1.24. The summed E-state index contributed by atoms with van der Waals surface area (Å²) in [5.74, 6) is 6.12. The fourth-order valence-corrected chi connectivity index (χ4v) is 1.66. The summed E-state index contributed by atoms with van der Waals surface area (Å²) < 4.78 is 4.94. The third-order valence-electron chi connectivity index (χ3n) is 2.61. The van der Waals surface area contributed by atoms with Gasteiger partial charge in [-0.25, -0.2) is 5.48 Å². The molecule has 0 aliphatic heterocycles. The molecular weight excluding hydrogens is 209 g/mol. The van der Waals surface area contributed by atoms with Crippen LogP contribution in [0.1, 0.15) is 30.9 Å². The fraction of sp³-hybridized carbons (Fsp3) is 0.429. The molecule has 0 heterocycles. The van der Waals surface area contributed by atoms with Gasteiger partial charge in [-0.2, -0.15) is 0 Å². The summed E-state index contributed by atoms with van der Waals surface area (Å²) in [7, 11) is 2.18. The molecule has 0 fully saturated rings. The highest BCUT2D eigenvalue weighted by Gasteiger charge is 1.99. The smallest absolute Gasteiger partial charge is 0.351 e. The lowest BCUT2D eigenvalue weighted by Crippen LogP contribution is -2.09. The van der Waals surface area contributed by atoms with Gasteiger partial charge in [0.1, 0.15) is 0 Å². The molecule has 90 valence electrons. The van der Waals surface area contributed by atoms with E-state index in [0.29, 0.717) is 7.48 Å². The van der Waals surface area contributed by atoms with E-state index in [9.17, 15) is 0 Å². The normalized spacial score (nSPS) is 9.53. The molecule has 0 amide bonds. The van der Waals surface area contributed by atoms with Crippen molar-refractivity contribution in [3.05, 3.63) is 35.4 Å². The minimum atomic E-state index is 0.438. The van der Waals surface area contributed by atoms with Gasteiger partial charge in [0, 0.05) is 13.5 Å². The zero-order valence-electron chi connectivity index (χ0n) is 10.8. The predicted molar refractivity (Wildman–Crippen MR) is 73.8 cm³/mol. The second-order valence-corrected chi connectivity index (χ2v) is 3.90. The van der Waals surface area contributed by atoms with Gasteiger partial charge in [0.2, 0.25) is 0 Å². The average Bonchev–Trinajstić information content (AvgIpc) is 2.37. The standard InChI is InChI=1S/C14H20BNO/c1-3-4-8-13-9-5-6-10-14(13)11-7-12-15-17-16-2/h5-6,9-10,15-16H,3-4,8,11H2,1-2H3. The van der Waals surface area contributed by atoms with E-state index < -0.39 is 0 Å². The SMILES string of the molecule is CCCCc1ccccc1CC#CBONC. The molecule has 0 spiro atoms. The number of rotatable bonds is 6. The zero-order chi connectivity index (χ0) is 12.3. The van der Waals surface area contributed by atoms with E-state index in [1.165, 1.54) is 24.0 Å². The van der Waals surface area contributed by atoms with Crippen molar-refractivity contribution >= 4 is 7.48 Å². The molecule has 3 heteroatoms. The van der Waals surface area contributed by atoms with Gasteiger partial charge in [-0.1, -0.05) is 37.6 Å². The van der Waals surface area contributed by atoms with Crippen molar-refractivity contribution in [1.29, 1.82) is 0 Å². The summed E-state index contributed by atoms with van der Waals surface area (Å²) in [5.41, 5.74) is 5.38. The fourth-order valence-electron chi connectivity index (χ4n) is 1.66. The van der Waals surface area contributed by atoms with Crippen molar-refractivity contribution in [2.45, 2.75) is 32.6 Å². The Balaban J connectivity index is 2.53. The zero-order valence-corrected chi connectivity index (χ0v) is 10.8. The van der Waals surface area contributed by atoms with E-state index in [4.69, 9.17) is 4.76 Å². The third kappa shape index (κ3) is 5.58. The van der Waals surface area contributed by atoms with Crippen LogP contribution in [0.5, 0.6) is 0 Å². The van der Waals surface area contributed by atoms with Gasteiger partial charge in [-0.3, -0.25) is 0 Å². The maximum atomic E-state index is 4.94. The van der Waals surface area contributed by atoms with Crippen LogP contribution in [0, 0.1) is 11.7 Å². The van der Waals surface area contributed by atoms with Crippen molar-refractivity contribution in [3.8, 4) is 11.7 Å². The lowest BCUT2D eigenvalue weighted by atomic mass is 9.98. The highest BCUT2D eigenvalue weighted by molar-refractivity contribution is 6.38. The van der Waals surface area contributed by atoms with Crippen LogP contribution in [0.4, 0.5) is 0 Å². The minimum Gasteiger partial charge on any atom is -0.351 e. The Morgan fingerprint density at radius 1 is 1.29 bits per heavy atom. The van der Waals surface area contributed by atoms with Crippen molar-refractivity contribution < 1.29 is 4.76 Å². The first kappa shape index (κ1) is 13.8. The molecule has 0 unspecified atom stereocenters. The van der Waals surface area contributed by atoms with Crippen LogP contribution in [0.3, 0.4) is 0 Å². The molecule has 0 aromatic heterocycles. The first-order valence-corrected chi connectivity index (χ1v) is 6.19. The lowest BCUT2D eigenvalue weighted by Gasteiger charge is -2.05. The van der Waals surface area contributed by atoms with E-state index in [0.717, 1.165) is 12.8 Å². The van der Waals surface area contributed by atoms with Crippen LogP contribution in [0.2, 0.25) is 0 Å². The van der Waals surface area contributed by atoms with E-state index >= 15 is 0 Å². The summed E-state index contributed by atoms with van der Waals surface area (Å²) in [4.78, 5) is 0. The molecule has 0 saturated carbocycles. The maximum Gasteiger partial charge on any atom is 0.385 e. The molecule has 0 aliphatic carbocycles. The average molecular weight is 229 g/mol. The highest BCUT2D eigenvalue weighted by atomic mass is 16.6. The first-order chi connectivity index (χ1) is 8.38. The minimum absolute atomic E-state index is 0.438. The number of hydrogen-bond acceptors (Lipinski definition) is 2. The third-order valence-corrected chi connectivity index (χ3v) is 2.61. The predicted octanol–water partition coefficient (Wildman–Crippen LogP) is 2.04. The Labute approximate surface area is 105 Å². The lowest BCUT2D eigenvalue weighted by molar-refractivity contribution is 0.242. The van der Waals surface area contributed by atoms with Gasteiger partial charge in [-0.05, 0) is 24.0 Å². The molecule has 1 N–H and O–H groups in total. The van der Waals surface area contributed by atoms with E-state index in [-0.39, 0.29) is 0 Å². The second-order valence-electron chi connectivity index (χ2n) is 3.90. The number of nitrogens with one attached hydrogen (secondary N) is 1. The van der Waals surface area contributed by atoms with Crippen LogP contribution in [-0.4, -0.2) is 14.5 Å². The van der Waals surface area contributed by atoms with Gasteiger partial charge in [0.25, 0.3) is 0 Å². The molecule has 0 aliphatic rings. The second kappa shape index (κ2) is 8.86. The van der Waals surface area contributed by atoms with Crippen molar-refractivity contribution in [2.75, 3.05) is 7.05 Å². The number of aryl methyl sites for hydroxylation is 1. The van der Waals surface area contributed by atoms with Crippen LogP contribution >= 0.6 is 0 Å². The summed E-state index contributed by atoms with van der Waals surface area (Å²) >= 11 is 0. The van der Waals surface area contributed by atoms with Crippen LogP contribution in [0.25, 0.3) is 0 Å². The van der Waals surface area contributed by atoms with Gasteiger partial charge in [-0.15, -0.1) is 11.7 Å². The molecular formula is C14H20BNO. The van der Waals surface area contributed by atoms with Gasteiger partial charge < -0.3 is 4.76 Å². The quantitative estimate of drug-likeness (QED) is 0.349. The summed E-state index contributed by atoms with van der Waals surface area (Å²) in [6.07, 6.45) is 4.44. The summed E-state index contributed by atoms with van der Waals surface area (Å²) in [6.45, 7) is 2.22.